The van der Waals surface area contributed by atoms with Crippen LogP contribution in [0, 0.1) is 17.6 Å². The number of halogens is 2. The maximum Gasteiger partial charge on any atom is 0.270 e. The van der Waals surface area contributed by atoms with Crippen molar-refractivity contribution in [3.63, 3.8) is 0 Å². The number of fused-ring (bicyclic) bond motifs is 3. The van der Waals surface area contributed by atoms with Crippen molar-refractivity contribution in [3.8, 4) is 5.75 Å². The number of aromatic amines is 1. The Hall–Kier alpha value is -4.48. The van der Waals surface area contributed by atoms with E-state index in [1.165, 1.54) is 15.9 Å². The van der Waals surface area contributed by atoms with Gasteiger partial charge in [-0.1, -0.05) is 13.8 Å². The Balaban J connectivity index is 1.44. The number of nitrogens with zero attached hydrogens (tertiary/aromatic N) is 2. The number of anilines is 1. The Morgan fingerprint density at radius 2 is 1.93 bits per heavy atom. The molecule has 4 bridgehead atoms. The first kappa shape index (κ1) is 28.6. The SMILES string of the molecule is CC(C)C[C@H]1C(=O)N2C[C@]3(C[C@H]2C(N)=O)C(=O)Nc2ccc(cc23)OCCCCN1C(=O)c1cc2c(F)cc(F)cc2[nH]1. The monoisotopic (exact) mass is 593 g/mol. The van der Waals surface area contributed by atoms with E-state index in [0.29, 0.717) is 36.4 Å². The van der Waals surface area contributed by atoms with E-state index in [-0.39, 0.29) is 54.4 Å². The van der Waals surface area contributed by atoms with Gasteiger partial charge in [0, 0.05) is 30.2 Å². The summed E-state index contributed by atoms with van der Waals surface area (Å²) in [7, 11) is 0. The molecule has 3 aromatic rings. The van der Waals surface area contributed by atoms with Crippen molar-refractivity contribution in [1.82, 2.24) is 14.8 Å². The molecule has 3 aliphatic rings. The van der Waals surface area contributed by atoms with Crippen LogP contribution in [0.2, 0.25) is 0 Å². The van der Waals surface area contributed by atoms with Gasteiger partial charge in [-0.05, 0) is 67.5 Å². The molecule has 0 saturated carbocycles. The number of primary amides is 1. The Morgan fingerprint density at radius 1 is 1.14 bits per heavy atom. The number of hydrogen-bond donors (Lipinski definition) is 3. The highest BCUT2D eigenvalue weighted by Gasteiger charge is 2.58. The Kier molecular flexibility index (Phi) is 7.10. The third-order valence-electron chi connectivity index (χ3n) is 8.72. The van der Waals surface area contributed by atoms with Crippen LogP contribution in [0.3, 0.4) is 0 Å². The molecule has 12 heteroatoms. The Labute approximate surface area is 246 Å². The molecule has 4 amide bonds. The van der Waals surface area contributed by atoms with Gasteiger partial charge in [-0.25, -0.2) is 8.78 Å². The minimum Gasteiger partial charge on any atom is -0.494 e. The van der Waals surface area contributed by atoms with Crippen LogP contribution in [0.5, 0.6) is 5.75 Å². The highest BCUT2D eigenvalue weighted by molar-refractivity contribution is 6.09. The molecule has 43 heavy (non-hydrogen) atoms. The topological polar surface area (TPSA) is 138 Å². The van der Waals surface area contributed by atoms with E-state index >= 15 is 0 Å². The summed E-state index contributed by atoms with van der Waals surface area (Å²) in [5.41, 5.74) is 5.93. The zero-order valence-electron chi connectivity index (χ0n) is 23.9. The molecule has 4 heterocycles. The number of ether oxygens (including phenoxy) is 1. The van der Waals surface area contributed by atoms with Gasteiger partial charge in [0.25, 0.3) is 5.91 Å². The van der Waals surface area contributed by atoms with Gasteiger partial charge in [-0.3, -0.25) is 19.2 Å². The lowest BCUT2D eigenvalue weighted by atomic mass is 9.79. The van der Waals surface area contributed by atoms with E-state index in [0.717, 1.165) is 12.1 Å². The van der Waals surface area contributed by atoms with Crippen molar-refractivity contribution in [2.75, 3.05) is 25.0 Å². The summed E-state index contributed by atoms with van der Waals surface area (Å²) < 4.78 is 34.4. The quantitative estimate of drug-likeness (QED) is 0.426. The average molecular weight is 594 g/mol. The second-order valence-corrected chi connectivity index (χ2v) is 12.1. The van der Waals surface area contributed by atoms with Crippen LogP contribution < -0.4 is 15.8 Å². The second kappa shape index (κ2) is 10.7. The molecule has 0 unspecified atom stereocenters. The van der Waals surface area contributed by atoms with Crippen LogP contribution in [0.15, 0.2) is 36.4 Å². The lowest BCUT2D eigenvalue weighted by Gasteiger charge is -2.36. The molecular weight excluding hydrogens is 560 g/mol. The summed E-state index contributed by atoms with van der Waals surface area (Å²) in [6, 6.07) is 6.33. The Bertz CT molecular complexity index is 1650. The molecule has 3 aliphatic heterocycles. The predicted molar refractivity (Wildman–Crippen MR) is 153 cm³/mol. The fourth-order valence-corrected chi connectivity index (χ4v) is 6.64. The molecule has 6 rings (SSSR count). The number of H-pyrrole nitrogens is 1. The smallest absolute Gasteiger partial charge is 0.270 e. The molecule has 0 radical (unpaired) electrons. The largest absolute Gasteiger partial charge is 0.494 e. The fraction of sp³-hybridized carbons (Fsp3) is 0.419. The van der Waals surface area contributed by atoms with Crippen molar-refractivity contribution in [2.24, 2.45) is 11.7 Å². The molecule has 1 spiro atoms. The van der Waals surface area contributed by atoms with Gasteiger partial charge in [0.05, 0.1) is 17.5 Å². The molecule has 4 N–H and O–H groups in total. The van der Waals surface area contributed by atoms with E-state index in [1.54, 1.807) is 18.2 Å². The average Bonchev–Trinajstić information content (AvgIpc) is 3.63. The highest BCUT2D eigenvalue weighted by Crippen LogP contribution is 2.48. The maximum absolute atomic E-state index is 14.5. The van der Waals surface area contributed by atoms with Crippen LogP contribution in [-0.4, -0.2) is 70.2 Å². The molecular formula is C31H33F2N5O5. The number of benzene rings is 2. The van der Waals surface area contributed by atoms with Crippen LogP contribution >= 0.6 is 0 Å². The van der Waals surface area contributed by atoms with Gasteiger partial charge in [0.15, 0.2) is 0 Å². The number of rotatable bonds is 4. The van der Waals surface area contributed by atoms with Crippen LogP contribution in [0.1, 0.15) is 55.6 Å². The van der Waals surface area contributed by atoms with Gasteiger partial charge >= 0.3 is 0 Å². The summed E-state index contributed by atoms with van der Waals surface area (Å²) in [6.07, 6.45) is 1.27. The zero-order valence-corrected chi connectivity index (χ0v) is 23.9. The van der Waals surface area contributed by atoms with Crippen molar-refractivity contribution in [2.45, 2.75) is 57.0 Å². The van der Waals surface area contributed by atoms with Crippen molar-refractivity contribution in [3.05, 3.63) is 59.3 Å². The number of aromatic nitrogens is 1. The fourth-order valence-electron chi connectivity index (χ4n) is 6.64. The number of hydrogen-bond acceptors (Lipinski definition) is 5. The Morgan fingerprint density at radius 3 is 2.67 bits per heavy atom. The zero-order chi connectivity index (χ0) is 30.6. The van der Waals surface area contributed by atoms with Crippen LogP contribution in [0.4, 0.5) is 14.5 Å². The van der Waals surface area contributed by atoms with E-state index in [2.05, 4.69) is 10.3 Å². The van der Waals surface area contributed by atoms with Gasteiger partial charge in [0.1, 0.15) is 35.2 Å². The van der Waals surface area contributed by atoms with Crippen LogP contribution in [-0.2, 0) is 19.8 Å². The normalized spacial score (nSPS) is 23.8. The van der Waals surface area contributed by atoms with Crippen LogP contribution in [0.25, 0.3) is 10.9 Å². The molecule has 3 atom stereocenters. The third kappa shape index (κ3) is 4.88. The predicted octanol–water partition coefficient (Wildman–Crippen LogP) is 3.45. The summed E-state index contributed by atoms with van der Waals surface area (Å²) >= 11 is 0. The van der Waals surface area contributed by atoms with E-state index in [9.17, 15) is 28.0 Å². The first-order chi connectivity index (χ1) is 20.5. The number of nitrogens with one attached hydrogen (secondary N) is 2. The standard InChI is InChI=1S/C31H33F2N5O5/c1-16(2)9-25-29(41)38-15-31(14-26(38)27(34)39)20-12-18(5-6-22(20)36-30(31)42)43-8-4-3-7-37(25)28(40)24-13-19-21(33)10-17(32)11-23(19)35-24/h5-6,10-13,16,25-26,35H,3-4,7-9,14-15H2,1-2H3,(H2,34,39)(H,36,42)/t25-,26-,31-/m0/s1. The number of carbonyl (C=O) groups is 4. The van der Waals surface area contributed by atoms with Gasteiger partial charge in [-0.2, -0.15) is 0 Å². The van der Waals surface area contributed by atoms with Gasteiger partial charge in [-0.15, -0.1) is 0 Å². The van der Waals surface area contributed by atoms with Gasteiger partial charge < -0.3 is 30.6 Å². The van der Waals surface area contributed by atoms with Crippen molar-refractivity contribution >= 4 is 40.2 Å². The van der Waals surface area contributed by atoms with Gasteiger partial charge in [0.2, 0.25) is 17.7 Å². The van der Waals surface area contributed by atoms with Crippen molar-refractivity contribution in [1.29, 1.82) is 0 Å². The number of carbonyl (C=O) groups excluding carboxylic acids is 4. The summed E-state index contributed by atoms with van der Waals surface area (Å²) in [5, 5.41) is 2.93. The molecule has 1 aromatic heterocycles. The van der Waals surface area contributed by atoms with E-state index in [4.69, 9.17) is 10.5 Å². The van der Waals surface area contributed by atoms with E-state index < -0.39 is 46.9 Å². The molecule has 1 saturated heterocycles. The lowest BCUT2D eigenvalue weighted by molar-refractivity contribution is -0.141. The molecule has 1 fully saturated rings. The maximum atomic E-state index is 14.5. The second-order valence-electron chi connectivity index (χ2n) is 12.1. The first-order valence-electron chi connectivity index (χ1n) is 14.5. The van der Waals surface area contributed by atoms with E-state index in [1.807, 2.05) is 13.8 Å². The first-order valence-corrected chi connectivity index (χ1v) is 14.5. The summed E-state index contributed by atoms with van der Waals surface area (Å²) in [4.78, 5) is 60.4. The molecule has 226 valence electrons. The minimum absolute atomic E-state index is 0.00226. The number of nitrogens with two attached hydrogens (primary N) is 1. The minimum atomic E-state index is -1.22. The third-order valence-corrected chi connectivity index (χ3v) is 8.72. The molecule has 0 aliphatic carbocycles. The molecule has 10 nitrogen and oxygen atoms in total. The number of amides is 4. The highest BCUT2D eigenvalue weighted by atomic mass is 19.1. The molecule has 2 aromatic carbocycles. The lowest BCUT2D eigenvalue weighted by Crippen LogP contribution is -2.55. The van der Waals surface area contributed by atoms with Crippen molar-refractivity contribution < 1.29 is 32.7 Å². The summed E-state index contributed by atoms with van der Waals surface area (Å²) in [6.45, 7) is 4.20. The summed E-state index contributed by atoms with van der Waals surface area (Å²) in [5.74, 6) is -3.26.